The van der Waals surface area contributed by atoms with Gasteiger partial charge in [-0.3, -0.25) is 19.2 Å². The number of benzene rings is 2. The molecule has 2 rings (SSSR count). The van der Waals surface area contributed by atoms with Gasteiger partial charge in [0.2, 0.25) is 0 Å². The Morgan fingerprint density at radius 2 is 1.26 bits per heavy atom. The number of carbonyl (C=O) groups excluding carboxylic acids is 6. The summed E-state index contributed by atoms with van der Waals surface area (Å²) in [5.74, 6) is -3.85. The molecule has 0 saturated heterocycles. The van der Waals surface area contributed by atoms with Crippen LogP contribution in [0.5, 0.6) is 5.75 Å². The second kappa shape index (κ2) is 25.1. The predicted molar refractivity (Wildman–Crippen MR) is 215 cm³/mol. The van der Waals surface area contributed by atoms with Gasteiger partial charge >= 0.3 is 29.8 Å². The minimum absolute atomic E-state index is 0.0951. The standard InChI is InChI=1S/C45H60O12/c1-9-11-12-13-14-16-34-18-20-38(35(10-2)24-34)36-19-21-39(37(25-36)17-15-22-53-43(50)31(3)4)54-27-45(30-57-44(51)32(5)6,28-55-41(48)23-33(7)46)29-56-42(49)26-40(47)52-8/h18-21,24-25H,3,5,9-17,22-23,26-30H2,1-2,4,6-8H3. The molecule has 0 aliphatic heterocycles. The molecule has 1 atom stereocenters. The van der Waals surface area contributed by atoms with Crippen molar-refractivity contribution < 1.29 is 57.2 Å². The number of esters is 5. The molecule has 0 amide bonds. The molecular formula is C45H60O12. The van der Waals surface area contributed by atoms with E-state index in [1.807, 2.05) is 12.1 Å². The monoisotopic (exact) mass is 792 g/mol. The zero-order chi connectivity index (χ0) is 42.4. The van der Waals surface area contributed by atoms with Crippen molar-refractivity contribution in [2.45, 2.75) is 105 Å². The highest BCUT2D eigenvalue weighted by Gasteiger charge is 2.38. The lowest BCUT2D eigenvalue weighted by molar-refractivity contribution is -0.164. The van der Waals surface area contributed by atoms with Crippen LogP contribution in [0.4, 0.5) is 0 Å². The fraction of sp³-hybridized carbons (Fsp3) is 0.511. The van der Waals surface area contributed by atoms with Gasteiger partial charge in [-0.05, 0) is 92.8 Å². The third kappa shape index (κ3) is 17.6. The van der Waals surface area contributed by atoms with Crippen LogP contribution in [0.1, 0.15) is 103 Å². The number of hydrogen-bond acceptors (Lipinski definition) is 12. The lowest BCUT2D eigenvalue weighted by atomic mass is 9.91. The molecule has 57 heavy (non-hydrogen) atoms. The highest BCUT2D eigenvalue weighted by Crippen LogP contribution is 2.33. The summed E-state index contributed by atoms with van der Waals surface area (Å²) in [5, 5.41) is 0. The van der Waals surface area contributed by atoms with Crippen molar-refractivity contribution in [1.82, 2.24) is 0 Å². The Labute approximate surface area is 337 Å². The van der Waals surface area contributed by atoms with Gasteiger partial charge in [-0.25, -0.2) is 9.59 Å². The zero-order valence-electron chi connectivity index (χ0n) is 34.6. The lowest BCUT2D eigenvalue weighted by Gasteiger charge is -2.32. The quantitative estimate of drug-likeness (QED) is 0.0287. The molecular weight excluding hydrogens is 732 g/mol. The van der Waals surface area contributed by atoms with Gasteiger partial charge in [-0.2, -0.15) is 0 Å². The Morgan fingerprint density at radius 3 is 1.88 bits per heavy atom. The Balaban J connectivity index is 2.54. The maximum atomic E-state index is 12.6. The van der Waals surface area contributed by atoms with Crippen molar-refractivity contribution in [2.75, 3.05) is 40.1 Å². The van der Waals surface area contributed by atoms with Gasteiger partial charge in [-0.1, -0.05) is 77.0 Å². The summed E-state index contributed by atoms with van der Waals surface area (Å²) in [6.07, 6.45) is 7.57. The van der Waals surface area contributed by atoms with Crippen LogP contribution in [0.25, 0.3) is 11.1 Å². The molecule has 0 bridgehead atoms. The van der Waals surface area contributed by atoms with Crippen molar-refractivity contribution in [3.63, 3.8) is 0 Å². The van der Waals surface area contributed by atoms with Gasteiger partial charge in [0.05, 0.1) is 13.7 Å². The number of methoxy groups -OCH3 is 1. The summed E-state index contributed by atoms with van der Waals surface area (Å²) in [6, 6.07) is 12.3. The zero-order valence-corrected chi connectivity index (χ0v) is 34.6. The van der Waals surface area contributed by atoms with Crippen LogP contribution in [0.2, 0.25) is 0 Å². The van der Waals surface area contributed by atoms with E-state index in [0.717, 1.165) is 43.1 Å². The molecule has 1 unspecified atom stereocenters. The normalized spacial score (nSPS) is 11.8. The molecule has 0 aliphatic carbocycles. The number of carbonyl (C=O) groups is 6. The third-order valence-electron chi connectivity index (χ3n) is 9.04. The minimum atomic E-state index is -1.50. The van der Waals surface area contributed by atoms with Crippen LogP contribution in [0, 0.1) is 5.41 Å². The Bertz CT molecular complexity index is 1720. The summed E-state index contributed by atoms with van der Waals surface area (Å²) < 4.78 is 32.7. The van der Waals surface area contributed by atoms with E-state index in [1.165, 1.54) is 50.7 Å². The first-order valence-corrected chi connectivity index (χ1v) is 19.5. The molecule has 0 radical (unpaired) electrons. The van der Waals surface area contributed by atoms with Crippen LogP contribution in [0.3, 0.4) is 0 Å². The van der Waals surface area contributed by atoms with E-state index in [1.54, 1.807) is 13.0 Å². The third-order valence-corrected chi connectivity index (χ3v) is 9.04. The van der Waals surface area contributed by atoms with Crippen LogP contribution >= 0.6 is 0 Å². The van der Waals surface area contributed by atoms with E-state index in [-0.39, 0.29) is 24.4 Å². The molecule has 0 heterocycles. The van der Waals surface area contributed by atoms with Crippen LogP contribution in [-0.2, 0) is 71.7 Å². The first kappa shape index (κ1) is 47.9. The fourth-order valence-electron chi connectivity index (χ4n) is 5.73. The average molecular weight is 793 g/mol. The van der Waals surface area contributed by atoms with Gasteiger partial charge in [0.1, 0.15) is 56.2 Å². The topological polar surface area (TPSA) is 158 Å². The Kier molecular flexibility index (Phi) is 21.1. The van der Waals surface area contributed by atoms with E-state index in [4.69, 9.17) is 23.7 Å². The van der Waals surface area contributed by atoms with Crippen LogP contribution in [-0.4, -0.2) is 75.8 Å². The van der Waals surface area contributed by atoms with E-state index in [9.17, 15) is 28.8 Å². The van der Waals surface area contributed by atoms with E-state index in [0.29, 0.717) is 18.6 Å². The molecule has 0 aliphatic rings. The lowest BCUT2D eigenvalue weighted by Crippen LogP contribution is -2.44. The maximum absolute atomic E-state index is 12.6. The van der Waals surface area contributed by atoms with E-state index in [2.05, 4.69) is 49.9 Å². The summed E-state index contributed by atoms with van der Waals surface area (Å²) in [5.41, 5.74) is 4.18. The molecule has 2 aromatic carbocycles. The minimum Gasteiger partial charge on any atom is -0.492 e. The summed E-state index contributed by atoms with van der Waals surface area (Å²) in [6.45, 7) is 14.2. The largest absolute Gasteiger partial charge is 0.492 e. The van der Waals surface area contributed by atoms with Crippen molar-refractivity contribution in [1.29, 1.82) is 0 Å². The Morgan fingerprint density at radius 1 is 0.632 bits per heavy atom. The van der Waals surface area contributed by atoms with Crippen LogP contribution < -0.4 is 4.74 Å². The Hall–Kier alpha value is -5.26. The number of ether oxygens (including phenoxy) is 6. The highest BCUT2D eigenvalue weighted by molar-refractivity contribution is 5.94. The van der Waals surface area contributed by atoms with Gasteiger partial charge < -0.3 is 28.4 Å². The van der Waals surface area contributed by atoms with Crippen molar-refractivity contribution in [3.05, 3.63) is 77.4 Å². The average Bonchev–Trinajstić information content (AvgIpc) is 3.18. The number of Topliss-reactive ketones (excluding diaryl/α,β-unsaturated/α-hetero) is 1. The van der Waals surface area contributed by atoms with Crippen molar-refractivity contribution in [3.8, 4) is 16.9 Å². The second-order valence-corrected chi connectivity index (χ2v) is 14.4. The van der Waals surface area contributed by atoms with E-state index < -0.39 is 73.7 Å². The number of ketones is 1. The molecule has 2 aromatic rings. The molecule has 0 spiro atoms. The molecule has 12 heteroatoms. The van der Waals surface area contributed by atoms with Gasteiger partial charge in [0.15, 0.2) is 0 Å². The highest BCUT2D eigenvalue weighted by atomic mass is 16.6. The predicted octanol–water partition coefficient (Wildman–Crippen LogP) is 7.59. The van der Waals surface area contributed by atoms with Gasteiger partial charge in [-0.15, -0.1) is 0 Å². The second-order valence-electron chi connectivity index (χ2n) is 14.4. The number of rotatable bonds is 27. The maximum Gasteiger partial charge on any atom is 0.333 e. The van der Waals surface area contributed by atoms with E-state index >= 15 is 0 Å². The molecule has 312 valence electrons. The first-order chi connectivity index (χ1) is 27.1. The summed E-state index contributed by atoms with van der Waals surface area (Å²) >= 11 is 0. The number of aryl methyl sites for hydroxylation is 3. The fourth-order valence-corrected chi connectivity index (χ4v) is 5.73. The van der Waals surface area contributed by atoms with Crippen molar-refractivity contribution >= 4 is 35.6 Å². The van der Waals surface area contributed by atoms with Gasteiger partial charge in [0, 0.05) is 11.1 Å². The van der Waals surface area contributed by atoms with Gasteiger partial charge in [0.25, 0.3) is 0 Å². The van der Waals surface area contributed by atoms with Crippen molar-refractivity contribution in [2.24, 2.45) is 5.41 Å². The number of hydrogen-bond donors (Lipinski definition) is 0. The number of unbranched alkanes of at least 4 members (excludes halogenated alkanes) is 4. The summed E-state index contributed by atoms with van der Waals surface area (Å²) in [7, 11) is 1.13. The molecule has 12 nitrogen and oxygen atoms in total. The van der Waals surface area contributed by atoms with Crippen LogP contribution in [0.15, 0.2) is 60.7 Å². The molecule has 0 fully saturated rings. The molecule has 0 N–H and O–H groups in total. The first-order valence-electron chi connectivity index (χ1n) is 19.5. The molecule has 0 aromatic heterocycles. The SMILES string of the molecule is C=C(C)C(=O)OCCCc1cc(-c2ccc(CCCCCCC)cc2CC)ccc1OCC(COC(=O)CC(C)=O)(COC(=O)CC(=O)OC)COC(=O)C(=C)C. The smallest absolute Gasteiger partial charge is 0.333 e. The molecule has 0 saturated carbocycles. The summed E-state index contributed by atoms with van der Waals surface area (Å²) in [4.78, 5) is 73.3.